The minimum atomic E-state index is 0.139. The van der Waals surface area contributed by atoms with Crippen LogP contribution in [-0.2, 0) is 4.79 Å². The molecule has 1 amide bonds. The monoisotopic (exact) mass is 409 g/mol. The molecular weight excluding hydrogens is 378 g/mol. The Kier molecular flexibility index (Phi) is 5.20. The Morgan fingerprint density at radius 1 is 1.20 bits per heavy atom. The molecule has 5 rings (SSSR count). The molecule has 3 aliphatic rings. The molecule has 2 aromatic heterocycles. The standard InChI is InChI=1S/C22H31N7O/c1-3-21(30)29-15-6-7-16(29)11-14(10-15)24-22-17-5-4-8-23-18(17)12-19(26-22)25-20-9-13(2)27-28-20/h4-5,8,12-16,20,27-28H,3,6-7,9-11H2,1-2H3,(H2,24,25,26)/t13?,14?,15-,16+,20?. The van der Waals surface area contributed by atoms with Crippen LogP contribution < -0.4 is 21.5 Å². The second-order valence-electron chi connectivity index (χ2n) is 8.90. The number of nitrogens with one attached hydrogen (secondary N) is 4. The smallest absolute Gasteiger partial charge is 0.222 e. The van der Waals surface area contributed by atoms with Gasteiger partial charge in [0.2, 0.25) is 5.91 Å². The third kappa shape index (κ3) is 3.70. The predicted octanol–water partition coefficient (Wildman–Crippen LogP) is 2.60. The maximum Gasteiger partial charge on any atom is 0.222 e. The van der Waals surface area contributed by atoms with Crippen molar-refractivity contribution < 1.29 is 4.79 Å². The lowest BCUT2D eigenvalue weighted by Gasteiger charge is -2.39. The number of hydrogen-bond acceptors (Lipinski definition) is 7. The molecule has 8 nitrogen and oxygen atoms in total. The lowest BCUT2D eigenvalue weighted by atomic mass is 9.96. The van der Waals surface area contributed by atoms with Gasteiger partial charge in [-0.1, -0.05) is 6.92 Å². The number of hydrogen-bond donors (Lipinski definition) is 4. The average molecular weight is 410 g/mol. The lowest BCUT2D eigenvalue weighted by Crippen LogP contribution is -2.49. The SMILES string of the molecule is CCC(=O)N1[C@@H]2CC[C@H]1CC(Nc1nc(NC3CC(C)NN3)cc3ncccc13)C2. The van der Waals surface area contributed by atoms with Gasteiger partial charge in [-0.3, -0.25) is 15.2 Å². The van der Waals surface area contributed by atoms with Gasteiger partial charge in [0.15, 0.2) is 0 Å². The van der Waals surface area contributed by atoms with Crippen molar-refractivity contribution in [2.75, 3.05) is 10.6 Å². The van der Waals surface area contributed by atoms with E-state index in [4.69, 9.17) is 4.98 Å². The van der Waals surface area contributed by atoms with E-state index in [9.17, 15) is 4.79 Å². The molecule has 3 unspecified atom stereocenters. The highest BCUT2D eigenvalue weighted by molar-refractivity contribution is 5.91. The molecule has 2 aromatic rings. The van der Waals surface area contributed by atoms with Crippen molar-refractivity contribution in [1.29, 1.82) is 0 Å². The van der Waals surface area contributed by atoms with Crippen molar-refractivity contribution in [2.24, 2.45) is 0 Å². The van der Waals surface area contributed by atoms with Crippen LogP contribution in [0.4, 0.5) is 11.6 Å². The van der Waals surface area contributed by atoms with Crippen molar-refractivity contribution in [3.8, 4) is 0 Å². The fourth-order valence-electron chi connectivity index (χ4n) is 5.33. The van der Waals surface area contributed by atoms with E-state index in [0.717, 1.165) is 54.6 Å². The third-order valence-electron chi connectivity index (χ3n) is 6.68. The van der Waals surface area contributed by atoms with Crippen molar-refractivity contribution in [3.63, 3.8) is 0 Å². The fraction of sp³-hybridized carbons (Fsp3) is 0.591. The fourth-order valence-corrected chi connectivity index (χ4v) is 5.33. The number of carbonyl (C=O) groups is 1. The maximum atomic E-state index is 12.4. The second kappa shape index (κ2) is 8.00. The molecule has 0 saturated carbocycles. The summed E-state index contributed by atoms with van der Waals surface area (Å²) in [5.41, 5.74) is 7.43. The van der Waals surface area contributed by atoms with Crippen LogP contribution in [0.5, 0.6) is 0 Å². The molecule has 4 N–H and O–H groups in total. The number of anilines is 2. The Morgan fingerprint density at radius 3 is 2.70 bits per heavy atom. The van der Waals surface area contributed by atoms with E-state index in [-0.39, 0.29) is 6.17 Å². The first-order valence-electron chi connectivity index (χ1n) is 11.2. The number of hydrazine groups is 1. The molecule has 0 aromatic carbocycles. The number of aromatic nitrogens is 2. The average Bonchev–Trinajstić information content (AvgIpc) is 3.27. The quantitative estimate of drug-likeness (QED) is 0.603. The summed E-state index contributed by atoms with van der Waals surface area (Å²) in [4.78, 5) is 24.0. The number of pyridine rings is 2. The maximum absolute atomic E-state index is 12.4. The minimum Gasteiger partial charge on any atom is -0.367 e. The highest BCUT2D eigenvalue weighted by Gasteiger charge is 2.42. The van der Waals surface area contributed by atoms with Crippen molar-refractivity contribution in [1.82, 2.24) is 25.7 Å². The summed E-state index contributed by atoms with van der Waals surface area (Å²) in [6, 6.07) is 7.49. The van der Waals surface area contributed by atoms with E-state index in [2.05, 4.69) is 44.4 Å². The Morgan fingerprint density at radius 2 is 2.00 bits per heavy atom. The van der Waals surface area contributed by atoms with E-state index < -0.39 is 0 Å². The van der Waals surface area contributed by atoms with Crippen LogP contribution in [0, 0.1) is 0 Å². The van der Waals surface area contributed by atoms with Crippen LogP contribution >= 0.6 is 0 Å². The highest BCUT2D eigenvalue weighted by atomic mass is 16.2. The normalized spacial score (nSPS) is 30.6. The van der Waals surface area contributed by atoms with Crippen LogP contribution in [0.15, 0.2) is 24.4 Å². The van der Waals surface area contributed by atoms with Crippen LogP contribution in [0.1, 0.15) is 52.4 Å². The molecule has 3 saturated heterocycles. The zero-order valence-electron chi connectivity index (χ0n) is 17.7. The molecule has 0 aliphatic carbocycles. The summed E-state index contributed by atoms with van der Waals surface area (Å²) < 4.78 is 0. The van der Waals surface area contributed by atoms with E-state index in [0.29, 0.717) is 36.5 Å². The van der Waals surface area contributed by atoms with Crippen LogP contribution in [0.3, 0.4) is 0 Å². The molecule has 3 aliphatic heterocycles. The molecule has 5 atom stereocenters. The van der Waals surface area contributed by atoms with Crippen molar-refractivity contribution >= 4 is 28.4 Å². The first-order chi connectivity index (χ1) is 14.6. The van der Waals surface area contributed by atoms with Crippen LogP contribution in [0.2, 0.25) is 0 Å². The Labute approximate surface area is 177 Å². The molecule has 30 heavy (non-hydrogen) atoms. The first-order valence-corrected chi connectivity index (χ1v) is 11.2. The van der Waals surface area contributed by atoms with Crippen LogP contribution in [-0.4, -0.2) is 51.1 Å². The van der Waals surface area contributed by atoms with E-state index in [1.807, 2.05) is 25.3 Å². The summed E-state index contributed by atoms with van der Waals surface area (Å²) in [6.07, 6.45) is 7.74. The van der Waals surface area contributed by atoms with E-state index in [1.54, 1.807) is 0 Å². The second-order valence-corrected chi connectivity index (χ2v) is 8.90. The van der Waals surface area contributed by atoms with Gasteiger partial charge < -0.3 is 15.5 Å². The minimum absolute atomic E-state index is 0.139. The summed E-state index contributed by atoms with van der Waals surface area (Å²) in [5, 5.41) is 8.23. The molecule has 160 valence electrons. The topological polar surface area (TPSA) is 94.2 Å². The van der Waals surface area contributed by atoms with Gasteiger partial charge in [-0.05, 0) is 51.2 Å². The van der Waals surface area contributed by atoms with Crippen molar-refractivity contribution in [2.45, 2.75) is 82.7 Å². The third-order valence-corrected chi connectivity index (χ3v) is 6.68. The van der Waals surface area contributed by atoms with Gasteiger partial charge in [0, 0.05) is 48.2 Å². The van der Waals surface area contributed by atoms with Gasteiger partial charge in [-0.2, -0.15) is 0 Å². The number of carbonyl (C=O) groups excluding carboxylic acids is 1. The van der Waals surface area contributed by atoms with Gasteiger partial charge in [-0.25, -0.2) is 10.4 Å². The van der Waals surface area contributed by atoms with E-state index in [1.165, 1.54) is 0 Å². The number of nitrogens with zero attached hydrogens (tertiary/aromatic N) is 3. The van der Waals surface area contributed by atoms with Crippen molar-refractivity contribution in [3.05, 3.63) is 24.4 Å². The number of rotatable bonds is 5. The summed E-state index contributed by atoms with van der Waals surface area (Å²) in [6.45, 7) is 4.12. The highest BCUT2D eigenvalue weighted by Crippen LogP contribution is 2.38. The largest absolute Gasteiger partial charge is 0.367 e. The van der Waals surface area contributed by atoms with Gasteiger partial charge in [0.1, 0.15) is 11.6 Å². The Bertz CT molecular complexity index is 921. The van der Waals surface area contributed by atoms with Gasteiger partial charge in [0.05, 0.1) is 11.7 Å². The molecule has 5 heterocycles. The molecule has 0 spiro atoms. The van der Waals surface area contributed by atoms with Gasteiger partial charge in [0.25, 0.3) is 0 Å². The molecular formula is C22H31N7O. The number of piperidine rings is 1. The summed E-state index contributed by atoms with van der Waals surface area (Å²) >= 11 is 0. The lowest BCUT2D eigenvalue weighted by molar-refractivity contribution is -0.135. The molecule has 0 radical (unpaired) electrons. The zero-order chi connectivity index (χ0) is 20.7. The van der Waals surface area contributed by atoms with E-state index >= 15 is 0 Å². The molecule has 8 heteroatoms. The van der Waals surface area contributed by atoms with Gasteiger partial charge in [-0.15, -0.1) is 0 Å². The first kappa shape index (κ1) is 19.5. The Hall–Kier alpha value is -2.45. The summed E-state index contributed by atoms with van der Waals surface area (Å²) in [5.74, 6) is 1.99. The van der Waals surface area contributed by atoms with Crippen LogP contribution in [0.25, 0.3) is 10.9 Å². The number of amides is 1. The number of fused-ring (bicyclic) bond motifs is 3. The summed E-state index contributed by atoms with van der Waals surface area (Å²) in [7, 11) is 0. The van der Waals surface area contributed by atoms with Gasteiger partial charge >= 0.3 is 0 Å². The molecule has 2 bridgehead atoms. The molecule has 3 fully saturated rings. The predicted molar refractivity (Wildman–Crippen MR) is 118 cm³/mol. The zero-order valence-corrected chi connectivity index (χ0v) is 17.7. The Balaban J connectivity index is 1.37.